The smallest absolute Gasteiger partial charge is 0.248 e. The molecule has 0 bridgehead atoms. The molecule has 154 valence electrons. The number of furan rings is 1. The van der Waals surface area contributed by atoms with Crippen LogP contribution < -0.4 is 10.1 Å². The molecule has 0 saturated carbocycles. The van der Waals surface area contributed by atoms with Crippen molar-refractivity contribution in [3.8, 4) is 5.75 Å². The van der Waals surface area contributed by atoms with E-state index in [-0.39, 0.29) is 17.5 Å². The summed E-state index contributed by atoms with van der Waals surface area (Å²) in [5, 5.41) is 3.97. The second kappa shape index (κ2) is 8.90. The Bertz CT molecular complexity index is 1270. The summed E-state index contributed by atoms with van der Waals surface area (Å²) < 4.78 is 10.9. The van der Waals surface area contributed by atoms with Crippen molar-refractivity contribution >= 4 is 46.0 Å². The molecule has 4 aromatic rings. The SMILES string of the molecule is COc1ccc(C=CC(=O)Nc2c(C(=O)c3ccc(Cl)cc3)oc3ccccc23)cc1. The maximum Gasteiger partial charge on any atom is 0.248 e. The highest BCUT2D eigenvalue weighted by molar-refractivity contribution is 6.30. The number of amides is 1. The first-order valence-corrected chi connectivity index (χ1v) is 9.88. The van der Waals surface area contributed by atoms with Crippen LogP contribution in [-0.2, 0) is 4.79 Å². The summed E-state index contributed by atoms with van der Waals surface area (Å²) in [6, 6.07) is 21.0. The van der Waals surface area contributed by atoms with Crippen molar-refractivity contribution in [1.29, 1.82) is 0 Å². The van der Waals surface area contributed by atoms with Crippen LogP contribution >= 0.6 is 11.6 Å². The van der Waals surface area contributed by atoms with Crippen molar-refractivity contribution in [3.63, 3.8) is 0 Å². The minimum Gasteiger partial charge on any atom is -0.497 e. The Kier molecular flexibility index (Phi) is 5.87. The van der Waals surface area contributed by atoms with Crippen molar-refractivity contribution in [1.82, 2.24) is 0 Å². The van der Waals surface area contributed by atoms with Crippen LogP contribution in [-0.4, -0.2) is 18.8 Å². The third kappa shape index (κ3) is 4.52. The van der Waals surface area contributed by atoms with Gasteiger partial charge < -0.3 is 14.5 Å². The molecule has 0 saturated heterocycles. The van der Waals surface area contributed by atoms with Gasteiger partial charge in [-0.05, 0) is 60.2 Å². The zero-order valence-corrected chi connectivity index (χ0v) is 17.3. The standard InChI is InChI=1S/C25H18ClNO4/c1-30-19-13-6-16(7-14-19)8-15-22(28)27-23-20-4-2-3-5-21(20)31-25(23)24(29)17-9-11-18(26)12-10-17/h2-15H,1H3,(H,27,28). The number of fused-ring (bicyclic) bond motifs is 1. The lowest BCUT2D eigenvalue weighted by molar-refractivity contribution is -0.111. The van der Waals surface area contributed by atoms with Gasteiger partial charge in [0.1, 0.15) is 11.3 Å². The number of halogens is 1. The lowest BCUT2D eigenvalue weighted by Gasteiger charge is -2.04. The monoisotopic (exact) mass is 431 g/mol. The Morgan fingerprint density at radius 3 is 2.39 bits per heavy atom. The highest BCUT2D eigenvalue weighted by atomic mass is 35.5. The van der Waals surface area contributed by atoms with Crippen molar-refractivity contribution in [2.45, 2.75) is 0 Å². The van der Waals surface area contributed by atoms with Crippen LogP contribution in [0.3, 0.4) is 0 Å². The minimum atomic E-state index is -0.382. The lowest BCUT2D eigenvalue weighted by Crippen LogP contribution is -2.11. The van der Waals surface area contributed by atoms with E-state index in [1.165, 1.54) is 6.08 Å². The van der Waals surface area contributed by atoms with Gasteiger partial charge in [-0.2, -0.15) is 0 Å². The quantitative estimate of drug-likeness (QED) is 0.301. The maximum absolute atomic E-state index is 13.1. The van der Waals surface area contributed by atoms with E-state index in [1.807, 2.05) is 30.3 Å². The number of carbonyl (C=O) groups excluding carboxylic acids is 2. The van der Waals surface area contributed by atoms with Gasteiger partial charge in [-0.1, -0.05) is 35.9 Å². The van der Waals surface area contributed by atoms with E-state index in [9.17, 15) is 9.59 Å². The van der Waals surface area contributed by atoms with Crippen molar-refractivity contribution < 1.29 is 18.7 Å². The van der Waals surface area contributed by atoms with E-state index in [0.29, 0.717) is 27.2 Å². The number of carbonyl (C=O) groups is 2. The van der Waals surface area contributed by atoms with Gasteiger partial charge in [0.2, 0.25) is 11.7 Å². The zero-order valence-electron chi connectivity index (χ0n) is 16.6. The van der Waals surface area contributed by atoms with Gasteiger partial charge >= 0.3 is 0 Å². The second-order valence-electron chi connectivity index (χ2n) is 6.73. The molecule has 0 aliphatic carbocycles. The van der Waals surface area contributed by atoms with Crippen molar-refractivity contribution in [3.05, 3.63) is 101 Å². The van der Waals surface area contributed by atoms with E-state index in [4.69, 9.17) is 20.8 Å². The molecular weight excluding hydrogens is 414 g/mol. The summed E-state index contributed by atoms with van der Waals surface area (Å²) in [6.07, 6.45) is 3.08. The minimum absolute atomic E-state index is 0.0646. The first-order chi connectivity index (χ1) is 15.0. The molecule has 0 spiro atoms. The van der Waals surface area contributed by atoms with Crippen LogP contribution in [0.2, 0.25) is 5.02 Å². The molecule has 1 aromatic heterocycles. The van der Waals surface area contributed by atoms with Crippen LogP contribution in [0.1, 0.15) is 21.7 Å². The average Bonchev–Trinajstić information content (AvgIpc) is 3.16. The summed E-state index contributed by atoms with van der Waals surface area (Å²) in [6.45, 7) is 0. The van der Waals surface area contributed by atoms with E-state index in [2.05, 4.69) is 5.32 Å². The Balaban J connectivity index is 1.63. The molecular formula is C25H18ClNO4. The number of methoxy groups -OCH3 is 1. The number of para-hydroxylation sites is 1. The van der Waals surface area contributed by atoms with E-state index < -0.39 is 0 Å². The molecule has 1 heterocycles. The first kappa shape index (κ1) is 20.4. The van der Waals surface area contributed by atoms with Crippen LogP contribution in [0.25, 0.3) is 17.0 Å². The summed E-state index contributed by atoms with van der Waals surface area (Å²) >= 11 is 5.92. The molecule has 5 nitrogen and oxygen atoms in total. The molecule has 31 heavy (non-hydrogen) atoms. The molecule has 0 aliphatic rings. The second-order valence-corrected chi connectivity index (χ2v) is 7.17. The van der Waals surface area contributed by atoms with Gasteiger partial charge in [-0.15, -0.1) is 0 Å². The van der Waals surface area contributed by atoms with Gasteiger partial charge in [0.15, 0.2) is 5.76 Å². The number of hydrogen-bond donors (Lipinski definition) is 1. The molecule has 1 amide bonds. The Morgan fingerprint density at radius 2 is 1.68 bits per heavy atom. The molecule has 0 fully saturated rings. The molecule has 4 rings (SSSR count). The van der Waals surface area contributed by atoms with Crippen LogP contribution in [0.4, 0.5) is 5.69 Å². The summed E-state index contributed by atoms with van der Waals surface area (Å²) in [4.78, 5) is 25.7. The van der Waals surface area contributed by atoms with Gasteiger partial charge in [-0.3, -0.25) is 9.59 Å². The maximum atomic E-state index is 13.1. The molecule has 1 N–H and O–H groups in total. The number of ketones is 1. The fourth-order valence-electron chi connectivity index (χ4n) is 3.11. The Labute approximate surface area is 183 Å². The fourth-order valence-corrected chi connectivity index (χ4v) is 3.24. The van der Waals surface area contributed by atoms with Crippen molar-refractivity contribution in [2.75, 3.05) is 12.4 Å². The normalized spacial score (nSPS) is 11.0. The number of ether oxygens (including phenoxy) is 1. The van der Waals surface area contributed by atoms with Gasteiger partial charge in [0, 0.05) is 22.0 Å². The number of nitrogens with one attached hydrogen (secondary N) is 1. The van der Waals surface area contributed by atoms with E-state index >= 15 is 0 Å². The Morgan fingerprint density at radius 1 is 0.968 bits per heavy atom. The zero-order chi connectivity index (χ0) is 21.8. The third-order valence-corrected chi connectivity index (χ3v) is 4.95. The fraction of sp³-hybridized carbons (Fsp3) is 0.0400. The number of hydrogen-bond acceptors (Lipinski definition) is 4. The van der Waals surface area contributed by atoms with Crippen LogP contribution in [0.5, 0.6) is 5.75 Å². The third-order valence-electron chi connectivity index (χ3n) is 4.70. The molecule has 3 aromatic carbocycles. The Hall–Kier alpha value is -3.83. The lowest BCUT2D eigenvalue weighted by atomic mass is 10.1. The predicted molar refractivity (Wildman–Crippen MR) is 122 cm³/mol. The van der Waals surface area contributed by atoms with Crippen molar-refractivity contribution in [2.24, 2.45) is 0 Å². The van der Waals surface area contributed by atoms with Gasteiger partial charge in [0.05, 0.1) is 12.8 Å². The van der Waals surface area contributed by atoms with Crippen LogP contribution in [0.15, 0.2) is 83.3 Å². The molecule has 0 atom stereocenters. The number of benzene rings is 3. The highest BCUT2D eigenvalue weighted by Crippen LogP contribution is 2.32. The van der Waals surface area contributed by atoms with Gasteiger partial charge in [0.25, 0.3) is 0 Å². The number of anilines is 1. The average molecular weight is 432 g/mol. The molecule has 0 radical (unpaired) electrons. The predicted octanol–water partition coefficient (Wildman–Crippen LogP) is 5.98. The van der Waals surface area contributed by atoms with Gasteiger partial charge in [-0.25, -0.2) is 0 Å². The summed E-state index contributed by atoms with van der Waals surface area (Å²) in [7, 11) is 1.59. The molecule has 0 unspecified atom stereocenters. The summed E-state index contributed by atoms with van der Waals surface area (Å²) in [5.41, 5.74) is 2.09. The van der Waals surface area contributed by atoms with E-state index in [0.717, 1.165) is 11.3 Å². The summed E-state index contributed by atoms with van der Waals surface area (Å²) in [5.74, 6) is 0.0707. The molecule has 0 aliphatic heterocycles. The van der Waals surface area contributed by atoms with Crippen LogP contribution in [0, 0.1) is 0 Å². The number of rotatable bonds is 6. The largest absolute Gasteiger partial charge is 0.497 e. The highest BCUT2D eigenvalue weighted by Gasteiger charge is 2.22. The topological polar surface area (TPSA) is 68.5 Å². The van der Waals surface area contributed by atoms with E-state index in [1.54, 1.807) is 55.7 Å². The first-order valence-electron chi connectivity index (χ1n) is 9.50. The molecule has 6 heteroatoms.